The Morgan fingerprint density at radius 2 is 1.81 bits per heavy atom. The van der Waals surface area contributed by atoms with Crippen molar-refractivity contribution in [2.24, 2.45) is 5.92 Å². The van der Waals surface area contributed by atoms with Gasteiger partial charge in [0.15, 0.2) is 0 Å². The molecule has 3 heteroatoms. The number of hydrogen-bond donors (Lipinski definition) is 0. The number of thiophene rings is 1. The Labute approximate surface area is 166 Å². The van der Waals surface area contributed by atoms with Crippen molar-refractivity contribution in [3.63, 3.8) is 0 Å². The Morgan fingerprint density at radius 1 is 0.962 bits per heavy atom. The van der Waals surface area contributed by atoms with Crippen molar-refractivity contribution >= 4 is 60.7 Å². The summed E-state index contributed by atoms with van der Waals surface area (Å²) in [5.74, 6) is 0.669. The minimum absolute atomic E-state index is 0.349. The summed E-state index contributed by atoms with van der Waals surface area (Å²) in [6.07, 6.45) is 3.13. The first-order valence-corrected chi connectivity index (χ1v) is 12.1. The molecule has 128 valence electrons. The molecule has 3 heterocycles. The van der Waals surface area contributed by atoms with Gasteiger partial charge in [-0.15, -0.1) is 0 Å². The summed E-state index contributed by atoms with van der Waals surface area (Å²) < 4.78 is 5.82. The number of hydrogen-bond acceptors (Lipinski definition) is 2. The zero-order valence-corrected chi connectivity index (χ0v) is 18.0. The van der Waals surface area contributed by atoms with Gasteiger partial charge >= 0.3 is 168 Å². The van der Waals surface area contributed by atoms with Gasteiger partial charge in [0.25, 0.3) is 0 Å². The van der Waals surface area contributed by atoms with Crippen LogP contribution >= 0.6 is 11.3 Å². The minimum atomic E-state index is -0.349. The third-order valence-corrected chi connectivity index (χ3v) is 9.29. The van der Waals surface area contributed by atoms with Crippen LogP contribution in [0.25, 0.3) is 38.2 Å². The molecule has 0 fully saturated rings. The van der Waals surface area contributed by atoms with Crippen LogP contribution in [0.4, 0.5) is 0 Å². The second kappa shape index (κ2) is 6.50. The predicted octanol–water partition coefficient (Wildman–Crippen LogP) is 6.53. The fourth-order valence-corrected chi connectivity index (χ4v) is 8.22. The summed E-state index contributed by atoms with van der Waals surface area (Å²) >= 11 is 1.59. The molecule has 0 amide bonds. The third kappa shape index (κ3) is 2.70. The zero-order valence-electron chi connectivity index (χ0n) is 14.8. The van der Waals surface area contributed by atoms with E-state index in [2.05, 4.69) is 68.4 Å². The van der Waals surface area contributed by atoms with E-state index >= 15 is 0 Å². The van der Waals surface area contributed by atoms with E-state index in [0.717, 1.165) is 6.42 Å². The second-order valence-electron chi connectivity index (χ2n) is 7.18. The first-order chi connectivity index (χ1) is 12.7. The number of benzene rings is 2. The van der Waals surface area contributed by atoms with Crippen molar-refractivity contribution in [1.29, 1.82) is 0 Å². The molecule has 0 bridgehead atoms. The van der Waals surface area contributed by atoms with Gasteiger partial charge in [-0.3, -0.25) is 0 Å². The molecule has 0 spiro atoms. The number of rotatable bonds is 3. The predicted molar refractivity (Wildman–Crippen MR) is 116 cm³/mol. The monoisotopic (exact) mass is 471 g/mol. The fourth-order valence-electron chi connectivity index (χ4n) is 3.66. The maximum atomic E-state index is 4.83. The molecule has 3 aromatic heterocycles. The summed E-state index contributed by atoms with van der Waals surface area (Å²) in [4.78, 5) is 4.83. The molecule has 0 aliphatic carbocycles. The number of aromatic nitrogens is 1. The van der Waals surface area contributed by atoms with Crippen molar-refractivity contribution in [3.8, 4) is 9.27 Å². The normalized spacial score (nSPS) is 12.0. The summed E-state index contributed by atoms with van der Waals surface area (Å²) in [6, 6.07) is 20.2. The van der Waals surface area contributed by atoms with Crippen LogP contribution in [0.2, 0.25) is 0 Å². The van der Waals surface area contributed by atoms with Crippen molar-refractivity contribution in [1.82, 2.24) is 4.98 Å². The first kappa shape index (κ1) is 16.5. The number of nitrogens with zero attached hydrogens (tertiary/aromatic N) is 1. The van der Waals surface area contributed by atoms with E-state index < -0.39 is 0 Å². The van der Waals surface area contributed by atoms with Gasteiger partial charge in [-0.05, 0) is 0 Å². The van der Waals surface area contributed by atoms with Crippen LogP contribution in [0.5, 0.6) is 0 Å². The van der Waals surface area contributed by atoms with Crippen LogP contribution in [0.3, 0.4) is 0 Å². The maximum absolute atomic E-state index is 4.83. The second-order valence-corrected chi connectivity index (χ2v) is 11.3. The van der Waals surface area contributed by atoms with E-state index in [1.54, 1.807) is 0 Å². The topological polar surface area (TPSA) is 12.9 Å². The van der Waals surface area contributed by atoms with E-state index in [1.165, 1.54) is 43.8 Å². The summed E-state index contributed by atoms with van der Waals surface area (Å²) in [5, 5.41) is 4.15. The Balaban J connectivity index is 1.78. The summed E-state index contributed by atoms with van der Waals surface area (Å²) in [5.41, 5.74) is 2.70. The molecule has 0 N–H and O–H groups in total. The standard InChI is InChI=1S/C23H19NSTe/c1-14(2)12-16-7-5-8-17-18-10-11-24-21(23(18)25-22(16)17)20-13-15-6-3-4-9-19(15)26-20/h3-11,13-14H,12H2,1-2H3. The fraction of sp³-hybridized carbons (Fsp3) is 0.174. The van der Waals surface area contributed by atoms with Crippen LogP contribution < -0.4 is 0 Å². The van der Waals surface area contributed by atoms with Gasteiger partial charge in [0.1, 0.15) is 0 Å². The molecule has 0 aliphatic heterocycles. The van der Waals surface area contributed by atoms with Gasteiger partial charge in [-0.25, -0.2) is 0 Å². The Kier molecular flexibility index (Phi) is 4.13. The average molecular weight is 469 g/mol. The molecule has 0 aliphatic rings. The zero-order chi connectivity index (χ0) is 17.7. The molecule has 0 saturated heterocycles. The van der Waals surface area contributed by atoms with Crippen LogP contribution in [0.1, 0.15) is 19.4 Å². The average Bonchev–Trinajstić information content (AvgIpc) is 3.23. The molecule has 0 unspecified atom stereocenters. The molecular formula is C23H19NSTe. The van der Waals surface area contributed by atoms with E-state index in [9.17, 15) is 0 Å². The summed E-state index contributed by atoms with van der Waals surface area (Å²) in [6.45, 7) is 4.59. The molecule has 2 aromatic carbocycles. The number of fused-ring (bicyclic) bond motifs is 4. The molecule has 1 nitrogen and oxygen atoms in total. The van der Waals surface area contributed by atoms with Gasteiger partial charge in [0.05, 0.1) is 0 Å². The van der Waals surface area contributed by atoms with Gasteiger partial charge < -0.3 is 0 Å². The molecule has 26 heavy (non-hydrogen) atoms. The van der Waals surface area contributed by atoms with Crippen molar-refractivity contribution in [2.75, 3.05) is 0 Å². The molecular weight excluding hydrogens is 450 g/mol. The molecule has 5 rings (SSSR count). The van der Waals surface area contributed by atoms with Gasteiger partial charge in [-0.1, -0.05) is 0 Å². The molecule has 5 aromatic rings. The first-order valence-electron chi connectivity index (χ1n) is 8.99. The van der Waals surface area contributed by atoms with Crippen LogP contribution in [0.15, 0.2) is 60.8 Å². The molecule has 0 radical (unpaired) electrons. The Hall–Kier alpha value is -1.66. The quantitative estimate of drug-likeness (QED) is 0.274. The van der Waals surface area contributed by atoms with Crippen LogP contribution in [0, 0.1) is 5.92 Å². The molecule has 0 saturated carbocycles. The van der Waals surface area contributed by atoms with Gasteiger partial charge in [-0.2, -0.15) is 0 Å². The van der Waals surface area contributed by atoms with Crippen LogP contribution in [-0.4, -0.2) is 25.4 Å². The van der Waals surface area contributed by atoms with Crippen molar-refractivity contribution in [2.45, 2.75) is 20.3 Å². The van der Waals surface area contributed by atoms with Gasteiger partial charge in [0.2, 0.25) is 0 Å². The van der Waals surface area contributed by atoms with E-state index in [4.69, 9.17) is 4.98 Å². The van der Waals surface area contributed by atoms with Crippen molar-refractivity contribution in [3.05, 3.63) is 66.4 Å². The third-order valence-electron chi connectivity index (χ3n) is 4.78. The SMILES string of the molecule is CC(C)Cc1cccc2c1sc1c(-c3cc4ccccc4[te]3)nccc12. The van der Waals surface area contributed by atoms with Gasteiger partial charge in [0, 0.05) is 0 Å². The molecule has 0 atom stereocenters. The van der Waals surface area contributed by atoms with Crippen LogP contribution in [-0.2, 0) is 6.42 Å². The summed E-state index contributed by atoms with van der Waals surface area (Å²) in [7, 11) is 0. The van der Waals surface area contributed by atoms with Crippen molar-refractivity contribution < 1.29 is 0 Å². The van der Waals surface area contributed by atoms with E-state index in [-0.39, 0.29) is 20.4 Å². The van der Waals surface area contributed by atoms with E-state index in [1.807, 2.05) is 17.5 Å². The van der Waals surface area contributed by atoms with E-state index in [0.29, 0.717) is 5.92 Å². The Bertz CT molecular complexity index is 1210. The Morgan fingerprint density at radius 3 is 2.65 bits per heavy atom. The number of pyridine rings is 1.